The van der Waals surface area contributed by atoms with E-state index < -0.39 is 17.9 Å². The highest BCUT2D eigenvalue weighted by Gasteiger charge is 2.23. The summed E-state index contributed by atoms with van der Waals surface area (Å²) in [6, 6.07) is 6.30. The number of imidazole rings is 2. The highest BCUT2D eigenvalue weighted by molar-refractivity contribution is 9.10. The van der Waals surface area contributed by atoms with Crippen LogP contribution >= 0.6 is 15.9 Å². The van der Waals surface area contributed by atoms with E-state index in [4.69, 9.17) is 0 Å². The topological polar surface area (TPSA) is 55.9 Å². The second kappa shape index (κ2) is 6.86. The van der Waals surface area contributed by atoms with Crippen molar-refractivity contribution in [2.45, 2.75) is 12.6 Å². The van der Waals surface area contributed by atoms with Crippen molar-refractivity contribution in [1.82, 2.24) is 19.1 Å². The Hall–Kier alpha value is -2.58. The van der Waals surface area contributed by atoms with Crippen LogP contribution in [0.25, 0.3) is 11.0 Å². The third kappa shape index (κ3) is 3.15. The van der Waals surface area contributed by atoms with E-state index in [0.29, 0.717) is 21.1 Å². The molecule has 0 amide bonds. The van der Waals surface area contributed by atoms with Gasteiger partial charge in [-0.25, -0.2) is 18.7 Å². The molecule has 0 aliphatic rings. The SMILES string of the molecule is Cn1cnc2c(F)c(Cc3ccc(Br)cc3F)c(C(O)n3ccnc3)cc21. The van der Waals surface area contributed by atoms with E-state index in [2.05, 4.69) is 25.9 Å². The van der Waals surface area contributed by atoms with E-state index in [1.54, 1.807) is 36.0 Å². The molecule has 0 saturated carbocycles. The monoisotopic (exact) mass is 432 g/mol. The van der Waals surface area contributed by atoms with E-state index in [9.17, 15) is 9.50 Å². The van der Waals surface area contributed by atoms with Gasteiger partial charge < -0.3 is 14.2 Å². The predicted octanol–water partition coefficient (Wildman–Crippen LogP) is 3.94. The quantitative estimate of drug-likeness (QED) is 0.531. The van der Waals surface area contributed by atoms with Gasteiger partial charge in [-0.15, -0.1) is 0 Å². The summed E-state index contributed by atoms with van der Waals surface area (Å²) >= 11 is 3.22. The summed E-state index contributed by atoms with van der Waals surface area (Å²) in [6.07, 6.45) is 4.88. The third-order valence-corrected chi connectivity index (χ3v) is 5.06. The molecular formula is C19H15BrF2N4O. The number of aliphatic hydroxyl groups is 1. The summed E-state index contributed by atoms with van der Waals surface area (Å²) in [5, 5.41) is 10.8. The number of nitrogens with zero attached hydrogens (tertiary/aromatic N) is 4. The van der Waals surface area contributed by atoms with Crippen LogP contribution in [-0.2, 0) is 13.5 Å². The Balaban J connectivity index is 1.91. The lowest BCUT2D eigenvalue weighted by atomic mass is 9.96. The Morgan fingerprint density at radius 2 is 2.04 bits per heavy atom. The maximum atomic E-state index is 15.3. The lowest BCUT2D eigenvalue weighted by molar-refractivity contribution is 0.145. The maximum Gasteiger partial charge on any atom is 0.158 e. The van der Waals surface area contributed by atoms with Gasteiger partial charge in [0.05, 0.1) is 18.2 Å². The second-order valence-corrected chi connectivity index (χ2v) is 7.19. The first kappa shape index (κ1) is 17.8. The fourth-order valence-corrected chi connectivity index (χ4v) is 3.46. The van der Waals surface area contributed by atoms with Crippen molar-refractivity contribution >= 4 is 27.0 Å². The molecule has 0 radical (unpaired) electrons. The second-order valence-electron chi connectivity index (χ2n) is 6.28. The first-order chi connectivity index (χ1) is 13.0. The van der Waals surface area contributed by atoms with Crippen LogP contribution in [0, 0.1) is 11.6 Å². The zero-order valence-corrected chi connectivity index (χ0v) is 15.9. The highest BCUT2D eigenvalue weighted by Crippen LogP contribution is 2.31. The molecule has 0 aliphatic carbocycles. The summed E-state index contributed by atoms with van der Waals surface area (Å²) in [6.45, 7) is 0. The molecule has 8 heteroatoms. The van der Waals surface area contributed by atoms with Crippen LogP contribution in [0.4, 0.5) is 8.78 Å². The largest absolute Gasteiger partial charge is 0.369 e. The van der Waals surface area contributed by atoms with Crippen molar-refractivity contribution in [3.8, 4) is 0 Å². The summed E-state index contributed by atoms with van der Waals surface area (Å²) in [4.78, 5) is 8.03. The van der Waals surface area contributed by atoms with E-state index >= 15 is 4.39 Å². The van der Waals surface area contributed by atoms with Crippen LogP contribution in [0.2, 0.25) is 0 Å². The number of hydrogen-bond donors (Lipinski definition) is 1. The van der Waals surface area contributed by atoms with Crippen LogP contribution in [0.3, 0.4) is 0 Å². The first-order valence-corrected chi connectivity index (χ1v) is 8.96. The molecule has 0 spiro atoms. The highest BCUT2D eigenvalue weighted by atomic mass is 79.9. The molecular weight excluding hydrogens is 418 g/mol. The van der Waals surface area contributed by atoms with Gasteiger partial charge in [-0.1, -0.05) is 22.0 Å². The fourth-order valence-electron chi connectivity index (χ4n) is 3.12. The number of aryl methyl sites for hydroxylation is 1. The van der Waals surface area contributed by atoms with Crippen molar-refractivity contribution in [3.63, 3.8) is 0 Å². The zero-order chi connectivity index (χ0) is 19.1. The molecule has 5 nitrogen and oxygen atoms in total. The number of benzene rings is 2. The predicted molar refractivity (Wildman–Crippen MR) is 100 cm³/mol. The summed E-state index contributed by atoms with van der Waals surface area (Å²) < 4.78 is 33.4. The van der Waals surface area contributed by atoms with Crippen molar-refractivity contribution in [1.29, 1.82) is 0 Å². The summed E-state index contributed by atoms with van der Waals surface area (Å²) in [7, 11) is 1.75. The van der Waals surface area contributed by atoms with Crippen LogP contribution in [0.5, 0.6) is 0 Å². The molecule has 0 fully saturated rings. The molecule has 0 saturated heterocycles. The van der Waals surface area contributed by atoms with Gasteiger partial charge in [0.25, 0.3) is 0 Å². The lowest BCUT2D eigenvalue weighted by Gasteiger charge is -2.18. The molecule has 4 rings (SSSR count). The number of aliphatic hydroxyl groups excluding tert-OH is 1. The molecule has 0 bridgehead atoms. The molecule has 0 aliphatic heterocycles. The number of fused-ring (bicyclic) bond motifs is 1. The first-order valence-electron chi connectivity index (χ1n) is 8.17. The Labute approximate surface area is 162 Å². The maximum absolute atomic E-state index is 15.3. The number of rotatable bonds is 4. The Bertz CT molecular complexity index is 1120. The normalized spacial score (nSPS) is 12.6. The number of hydrogen-bond acceptors (Lipinski definition) is 3. The van der Waals surface area contributed by atoms with Crippen LogP contribution in [-0.4, -0.2) is 24.2 Å². The fraction of sp³-hybridized carbons (Fsp3) is 0.158. The van der Waals surface area contributed by atoms with Gasteiger partial charge in [0, 0.05) is 41.5 Å². The van der Waals surface area contributed by atoms with E-state index in [1.165, 1.54) is 29.5 Å². The molecule has 2 heterocycles. The smallest absolute Gasteiger partial charge is 0.158 e. The zero-order valence-electron chi connectivity index (χ0n) is 14.3. The molecule has 4 aromatic rings. The van der Waals surface area contributed by atoms with Crippen LogP contribution in [0.15, 0.2) is 53.8 Å². The minimum Gasteiger partial charge on any atom is -0.369 e. The van der Waals surface area contributed by atoms with Crippen molar-refractivity contribution < 1.29 is 13.9 Å². The molecule has 2 aromatic heterocycles. The Morgan fingerprint density at radius 3 is 2.74 bits per heavy atom. The van der Waals surface area contributed by atoms with Gasteiger partial charge in [0.15, 0.2) is 12.0 Å². The van der Waals surface area contributed by atoms with Gasteiger partial charge in [-0.2, -0.15) is 0 Å². The lowest BCUT2D eigenvalue weighted by Crippen LogP contribution is -2.13. The minimum absolute atomic E-state index is 0.0153. The molecule has 1 atom stereocenters. The van der Waals surface area contributed by atoms with Crippen LogP contribution in [0.1, 0.15) is 22.9 Å². The number of halogens is 3. The van der Waals surface area contributed by atoms with Crippen molar-refractivity contribution in [2.75, 3.05) is 0 Å². The average Bonchev–Trinajstić information content (AvgIpc) is 3.29. The molecule has 1 N–H and O–H groups in total. The summed E-state index contributed by atoms with van der Waals surface area (Å²) in [5.74, 6) is -1.02. The van der Waals surface area contributed by atoms with Crippen LogP contribution < -0.4 is 0 Å². The van der Waals surface area contributed by atoms with Gasteiger partial charge in [-0.05, 0) is 23.8 Å². The Kier molecular flexibility index (Phi) is 4.53. The van der Waals surface area contributed by atoms with Gasteiger partial charge >= 0.3 is 0 Å². The number of aromatic nitrogens is 4. The van der Waals surface area contributed by atoms with Crippen molar-refractivity contribution in [3.05, 3.63) is 82.1 Å². The van der Waals surface area contributed by atoms with Gasteiger partial charge in [-0.3, -0.25) is 0 Å². The average molecular weight is 433 g/mol. The standard InChI is InChI=1S/C19H15BrF2N4O/c1-25-10-24-18-16(25)8-14(19(27)26-5-4-23-9-26)13(17(18)22)6-11-2-3-12(20)7-15(11)21/h2-5,7-10,19,27H,6H2,1H3. The van der Waals surface area contributed by atoms with Crippen molar-refractivity contribution in [2.24, 2.45) is 7.05 Å². The minimum atomic E-state index is -1.16. The van der Waals surface area contributed by atoms with Gasteiger partial charge in [0.1, 0.15) is 11.3 Å². The third-order valence-electron chi connectivity index (χ3n) is 4.56. The molecule has 2 aromatic carbocycles. The molecule has 1 unspecified atom stereocenters. The Morgan fingerprint density at radius 1 is 1.22 bits per heavy atom. The summed E-state index contributed by atoms with van der Waals surface area (Å²) in [5.41, 5.74) is 1.59. The molecule has 138 valence electrons. The molecule has 27 heavy (non-hydrogen) atoms. The van der Waals surface area contributed by atoms with E-state index in [-0.39, 0.29) is 17.5 Å². The van der Waals surface area contributed by atoms with E-state index in [1.807, 2.05) is 0 Å². The van der Waals surface area contributed by atoms with E-state index in [0.717, 1.165) is 0 Å². The van der Waals surface area contributed by atoms with Gasteiger partial charge in [0.2, 0.25) is 0 Å².